The number of hydrogen-bond donors (Lipinski definition) is 4. The summed E-state index contributed by atoms with van der Waals surface area (Å²) in [6.45, 7) is 1.61. The third-order valence-electron chi connectivity index (χ3n) is 7.44. The molecule has 2 aromatic heterocycles. The number of oxime groups is 2. The summed E-state index contributed by atoms with van der Waals surface area (Å²) in [7, 11) is 0. The maximum atomic E-state index is 14.2. The number of benzene rings is 3. The van der Waals surface area contributed by atoms with Gasteiger partial charge in [-0.05, 0) is 71.1 Å². The van der Waals surface area contributed by atoms with E-state index in [4.69, 9.17) is 16.7 Å². The van der Waals surface area contributed by atoms with Gasteiger partial charge >= 0.3 is 0 Å². The third kappa shape index (κ3) is 5.24. The Hall–Kier alpha value is -4.61. The minimum Gasteiger partial charge on any atom is -0.409 e. The lowest BCUT2D eigenvalue weighted by Gasteiger charge is -2.21. The molecule has 3 heterocycles. The first-order chi connectivity index (χ1) is 20.3. The van der Waals surface area contributed by atoms with E-state index in [0.717, 1.165) is 42.5 Å². The van der Waals surface area contributed by atoms with Crippen molar-refractivity contribution in [3.8, 4) is 11.1 Å². The van der Waals surface area contributed by atoms with Crippen molar-refractivity contribution in [3.05, 3.63) is 115 Å². The number of nitrogens with zero attached hydrogens (tertiary/aromatic N) is 4. The second kappa shape index (κ2) is 11.3. The molecule has 3 aromatic carbocycles. The van der Waals surface area contributed by atoms with Crippen LogP contribution in [0.5, 0.6) is 0 Å². The lowest BCUT2D eigenvalue weighted by Crippen LogP contribution is -2.31. The molecule has 1 aliphatic heterocycles. The number of halogens is 1. The van der Waals surface area contributed by atoms with Gasteiger partial charge in [-0.2, -0.15) is 0 Å². The molecule has 5 aromatic rings. The van der Waals surface area contributed by atoms with Gasteiger partial charge in [0.05, 0.1) is 16.9 Å². The van der Waals surface area contributed by atoms with Crippen LogP contribution in [0.2, 0.25) is 0 Å². The summed E-state index contributed by atoms with van der Waals surface area (Å²) in [4.78, 5) is 17.6. The lowest BCUT2D eigenvalue weighted by atomic mass is 9.96. The highest BCUT2D eigenvalue weighted by molar-refractivity contribution is 9.10. The van der Waals surface area contributed by atoms with Crippen molar-refractivity contribution < 1.29 is 15.2 Å². The fourth-order valence-electron chi connectivity index (χ4n) is 5.43. The highest BCUT2D eigenvalue weighted by Crippen LogP contribution is 2.36. The van der Waals surface area contributed by atoms with Gasteiger partial charge in [0.25, 0.3) is 5.91 Å². The summed E-state index contributed by atoms with van der Waals surface area (Å²) < 4.78 is 3.21. The SMILES string of the molecule is N/C(=N\O)c1cccc(-c2cc3c4c(cn(Cc5cccc(Br)c5)c4c2)CCN(Cc2ccc(/C(N)=N/O)s2)C3=O)c1. The Balaban J connectivity index is 1.46. The molecule has 212 valence electrons. The second-order valence-electron chi connectivity index (χ2n) is 10.1. The lowest BCUT2D eigenvalue weighted by molar-refractivity contribution is 0.0752. The molecule has 11 heteroatoms. The van der Waals surface area contributed by atoms with E-state index in [0.29, 0.717) is 42.1 Å². The fourth-order valence-corrected chi connectivity index (χ4v) is 6.80. The van der Waals surface area contributed by atoms with Crippen LogP contribution in [0.15, 0.2) is 93.8 Å². The summed E-state index contributed by atoms with van der Waals surface area (Å²) in [6.07, 6.45) is 2.86. The maximum absolute atomic E-state index is 14.2. The van der Waals surface area contributed by atoms with Crippen LogP contribution in [0.3, 0.4) is 0 Å². The standard InChI is InChI=1S/C31H27BrN6O3S/c32-23-6-1-3-18(11-23)15-38-16-21-9-10-37(17-24-7-8-27(42-24)30(34)36-41)31(39)25-13-22(14-26(38)28(21)25)19-4-2-5-20(12-19)29(33)35-40/h1-8,11-14,16,40-41H,9-10,15,17H2,(H2,33,35)(H2,34,36). The Morgan fingerprint density at radius 3 is 2.52 bits per heavy atom. The normalized spacial score (nSPS) is 14.0. The predicted molar refractivity (Wildman–Crippen MR) is 168 cm³/mol. The van der Waals surface area contributed by atoms with Crippen LogP contribution in [-0.2, 0) is 19.5 Å². The van der Waals surface area contributed by atoms with Crippen molar-refractivity contribution in [1.29, 1.82) is 0 Å². The number of nitrogens with two attached hydrogens (primary N) is 2. The van der Waals surface area contributed by atoms with Gasteiger partial charge in [0, 0.05) is 45.1 Å². The molecule has 0 saturated carbocycles. The van der Waals surface area contributed by atoms with E-state index in [2.05, 4.69) is 55.2 Å². The first-order valence-corrected chi connectivity index (χ1v) is 14.8. The Labute approximate surface area is 254 Å². The van der Waals surface area contributed by atoms with E-state index in [1.807, 2.05) is 47.4 Å². The van der Waals surface area contributed by atoms with Crippen LogP contribution in [0.4, 0.5) is 0 Å². The molecule has 0 radical (unpaired) electrons. The first kappa shape index (κ1) is 27.6. The van der Waals surface area contributed by atoms with Crippen molar-refractivity contribution in [2.24, 2.45) is 21.8 Å². The first-order valence-electron chi connectivity index (χ1n) is 13.2. The van der Waals surface area contributed by atoms with E-state index in [1.165, 1.54) is 11.3 Å². The zero-order valence-corrected chi connectivity index (χ0v) is 24.8. The smallest absolute Gasteiger partial charge is 0.254 e. The van der Waals surface area contributed by atoms with Crippen LogP contribution in [-0.4, -0.2) is 44.0 Å². The highest BCUT2D eigenvalue weighted by Gasteiger charge is 2.27. The number of thiophene rings is 1. The number of amidine groups is 2. The van der Waals surface area contributed by atoms with Gasteiger partial charge < -0.3 is 31.3 Å². The number of carbonyl (C=O) groups excluding carboxylic acids is 1. The Morgan fingerprint density at radius 1 is 0.929 bits per heavy atom. The quantitative estimate of drug-likeness (QED) is 0.0795. The minimum atomic E-state index is -0.0628. The van der Waals surface area contributed by atoms with Gasteiger partial charge in [0.1, 0.15) is 0 Å². The van der Waals surface area contributed by atoms with Crippen molar-refractivity contribution in [1.82, 2.24) is 9.47 Å². The average molecular weight is 644 g/mol. The van der Waals surface area contributed by atoms with E-state index in [1.54, 1.807) is 12.1 Å². The molecule has 0 spiro atoms. The van der Waals surface area contributed by atoms with E-state index >= 15 is 0 Å². The number of hydrogen-bond acceptors (Lipinski definition) is 6. The molecule has 0 aliphatic carbocycles. The number of carbonyl (C=O) groups is 1. The summed E-state index contributed by atoms with van der Waals surface area (Å²) in [5.41, 5.74) is 17.8. The molecule has 0 saturated heterocycles. The van der Waals surface area contributed by atoms with Gasteiger partial charge in [-0.3, -0.25) is 4.79 Å². The van der Waals surface area contributed by atoms with Crippen molar-refractivity contribution in [2.75, 3.05) is 6.54 Å². The highest BCUT2D eigenvalue weighted by atomic mass is 79.9. The van der Waals surface area contributed by atoms with E-state index < -0.39 is 0 Å². The van der Waals surface area contributed by atoms with Crippen molar-refractivity contribution in [2.45, 2.75) is 19.5 Å². The summed E-state index contributed by atoms with van der Waals surface area (Å²) in [6, 6.07) is 23.4. The second-order valence-corrected chi connectivity index (χ2v) is 12.2. The van der Waals surface area contributed by atoms with Gasteiger partial charge in [-0.1, -0.05) is 56.6 Å². The number of aromatic nitrogens is 1. The molecular formula is C31H27BrN6O3S. The molecule has 0 unspecified atom stereocenters. The molecule has 42 heavy (non-hydrogen) atoms. The zero-order chi connectivity index (χ0) is 29.4. The van der Waals surface area contributed by atoms with Gasteiger partial charge in [-0.15, -0.1) is 11.3 Å². The minimum absolute atomic E-state index is 0.0147. The molecule has 0 atom stereocenters. The van der Waals surface area contributed by atoms with Gasteiger partial charge in [0.2, 0.25) is 0 Å². The Morgan fingerprint density at radius 2 is 1.74 bits per heavy atom. The van der Waals surface area contributed by atoms with Crippen molar-refractivity contribution >= 4 is 55.7 Å². The van der Waals surface area contributed by atoms with E-state index in [9.17, 15) is 10.0 Å². The molecule has 0 bridgehead atoms. The van der Waals surface area contributed by atoms with Gasteiger partial charge in [-0.25, -0.2) is 0 Å². The number of amides is 1. The molecule has 1 amide bonds. The predicted octanol–water partition coefficient (Wildman–Crippen LogP) is 5.57. The van der Waals surface area contributed by atoms with Crippen LogP contribution in [0.1, 0.15) is 36.8 Å². The summed E-state index contributed by atoms with van der Waals surface area (Å²) in [5, 5.41) is 25.5. The molecule has 6 rings (SSSR count). The largest absolute Gasteiger partial charge is 0.409 e. The molecule has 1 aliphatic rings. The summed E-state index contributed by atoms with van der Waals surface area (Å²) in [5.74, 6) is 0.000294. The van der Waals surface area contributed by atoms with Crippen LogP contribution >= 0.6 is 27.3 Å². The van der Waals surface area contributed by atoms with Crippen LogP contribution in [0, 0.1) is 0 Å². The Bertz CT molecular complexity index is 1890. The van der Waals surface area contributed by atoms with Crippen LogP contribution in [0.25, 0.3) is 22.0 Å². The molecule has 9 nitrogen and oxygen atoms in total. The molecular weight excluding hydrogens is 616 g/mol. The average Bonchev–Trinajstić information content (AvgIpc) is 3.59. The number of rotatable bonds is 7. The maximum Gasteiger partial charge on any atom is 0.254 e. The van der Waals surface area contributed by atoms with Gasteiger partial charge in [0.15, 0.2) is 11.7 Å². The topological polar surface area (TPSA) is 142 Å². The monoisotopic (exact) mass is 642 g/mol. The molecule has 6 N–H and O–H groups in total. The third-order valence-corrected chi connectivity index (χ3v) is 9.02. The summed E-state index contributed by atoms with van der Waals surface area (Å²) >= 11 is 4.97. The van der Waals surface area contributed by atoms with Crippen molar-refractivity contribution in [3.63, 3.8) is 0 Å². The van der Waals surface area contributed by atoms with E-state index in [-0.39, 0.29) is 17.6 Å². The zero-order valence-electron chi connectivity index (χ0n) is 22.4. The Kier molecular flexibility index (Phi) is 7.44. The molecule has 0 fully saturated rings. The fraction of sp³-hybridized carbons (Fsp3) is 0.129. The van der Waals surface area contributed by atoms with Crippen LogP contribution < -0.4 is 11.5 Å².